The second-order valence-electron chi connectivity index (χ2n) is 4.11. The van der Waals surface area contributed by atoms with Gasteiger partial charge in [-0.05, 0) is 24.6 Å². The number of halogens is 2. The SMILES string of the molecule is CCCOc1nc(NC)nc(Nc2cc(F)ccc2Cl)n1. The Morgan fingerprint density at radius 1 is 1.24 bits per heavy atom. The van der Waals surface area contributed by atoms with Crippen molar-refractivity contribution in [2.24, 2.45) is 0 Å². The normalized spacial score (nSPS) is 10.3. The summed E-state index contributed by atoms with van der Waals surface area (Å²) in [4.78, 5) is 12.3. The van der Waals surface area contributed by atoms with Gasteiger partial charge in [-0.15, -0.1) is 0 Å². The summed E-state index contributed by atoms with van der Waals surface area (Å²) < 4.78 is 18.6. The zero-order valence-electron chi connectivity index (χ0n) is 11.7. The van der Waals surface area contributed by atoms with E-state index in [-0.39, 0.29) is 12.0 Å². The number of nitrogens with one attached hydrogen (secondary N) is 2. The first-order chi connectivity index (χ1) is 10.1. The highest BCUT2D eigenvalue weighted by molar-refractivity contribution is 6.33. The van der Waals surface area contributed by atoms with Gasteiger partial charge in [-0.25, -0.2) is 4.39 Å². The monoisotopic (exact) mass is 311 g/mol. The molecule has 0 aliphatic heterocycles. The van der Waals surface area contributed by atoms with Gasteiger partial charge in [-0.2, -0.15) is 15.0 Å². The molecule has 6 nitrogen and oxygen atoms in total. The largest absolute Gasteiger partial charge is 0.463 e. The maximum absolute atomic E-state index is 13.3. The van der Waals surface area contributed by atoms with Crippen LogP contribution in [0.3, 0.4) is 0 Å². The molecule has 0 bridgehead atoms. The number of hydrogen-bond acceptors (Lipinski definition) is 6. The van der Waals surface area contributed by atoms with E-state index in [2.05, 4.69) is 25.6 Å². The van der Waals surface area contributed by atoms with Crippen LogP contribution in [-0.2, 0) is 0 Å². The molecule has 1 aromatic carbocycles. The summed E-state index contributed by atoms with van der Waals surface area (Å²) in [7, 11) is 1.68. The average molecular weight is 312 g/mol. The zero-order valence-corrected chi connectivity index (χ0v) is 12.4. The van der Waals surface area contributed by atoms with Crippen LogP contribution in [-0.4, -0.2) is 28.6 Å². The first kappa shape index (κ1) is 15.2. The maximum Gasteiger partial charge on any atom is 0.323 e. The van der Waals surface area contributed by atoms with E-state index in [0.717, 1.165) is 6.42 Å². The van der Waals surface area contributed by atoms with Gasteiger partial charge in [0.05, 0.1) is 17.3 Å². The fourth-order valence-electron chi connectivity index (χ4n) is 1.50. The van der Waals surface area contributed by atoms with Crippen molar-refractivity contribution in [3.8, 4) is 6.01 Å². The zero-order chi connectivity index (χ0) is 15.2. The van der Waals surface area contributed by atoms with Gasteiger partial charge < -0.3 is 15.4 Å². The third-order valence-electron chi connectivity index (χ3n) is 2.45. The van der Waals surface area contributed by atoms with Gasteiger partial charge >= 0.3 is 6.01 Å². The summed E-state index contributed by atoms with van der Waals surface area (Å²) in [6.07, 6.45) is 0.832. The Kier molecular flexibility index (Phi) is 5.10. The van der Waals surface area contributed by atoms with Crippen molar-refractivity contribution >= 4 is 29.2 Å². The smallest absolute Gasteiger partial charge is 0.323 e. The topological polar surface area (TPSA) is 72.0 Å². The van der Waals surface area contributed by atoms with Crippen LogP contribution < -0.4 is 15.4 Å². The standard InChI is InChI=1S/C13H15ClFN5O/c1-3-6-21-13-19-11(16-2)18-12(20-13)17-10-7-8(15)4-5-9(10)14/h4-5,7H,3,6H2,1-2H3,(H2,16,17,18,19,20). The second kappa shape index (κ2) is 7.03. The first-order valence-corrected chi connectivity index (χ1v) is 6.79. The molecule has 0 atom stereocenters. The Labute approximate surface area is 126 Å². The molecular formula is C13H15ClFN5O. The van der Waals surface area contributed by atoms with Crippen molar-refractivity contribution in [1.29, 1.82) is 0 Å². The van der Waals surface area contributed by atoms with E-state index in [1.807, 2.05) is 6.92 Å². The minimum Gasteiger partial charge on any atom is -0.463 e. The minimum absolute atomic E-state index is 0.186. The van der Waals surface area contributed by atoms with Gasteiger partial charge in [0.2, 0.25) is 11.9 Å². The van der Waals surface area contributed by atoms with Gasteiger partial charge in [0, 0.05) is 7.05 Å². The van der Waals surface area contributed by atoms with Gasteiger partial charge in [0.1, 0.15) is 5.82 Å². The van der Waals surface area contributed by atoms with Crippen LogP contribution >= 0.6 is 11.6 Å². The number of anilines is 3. The lowest BCUT2D eigenvalue weighted by Gasteiger charge is -2.10. The predicted octanol–water partition coefficient (Wildman–Crippen LogP) is 3.24. The Morgan fingerprint density at radius 2 is 2.00 bits per heavy atom. The molecule has 1 heterocycles. The summed E-state index contributed by atoms with van der Waals surface area (Å²) in [5.41, 5.74) is 0.367. The molecule has 1 aromatic heterocycles. The Balaban J connectivity index is 2.27. The van der Waals surface area contributed by atoms with Crippen LogP contribution in [0.2, 0.25) is 5.02 Å². The second-order valence-corrected chi connectivity index (χ2v) is 4.52. The summed E-state index contributed by atoms with van der Waals surface area (Å²) in [5.74, 6) is 0.145. The van der Waals surface area contributed by atoms with E-state index < -0.39 is 5.82 Å². The number of benzene rings is 1. The van der Waals surface area contributed by atoms with Crippen molar-refractivity contribution in [1.82, 2.24) is 15.0 Å². The average Bonchev–Trinajstić information content (AvgIpc) is 2.48. The molecule has 2 N–H and O–H groups in total. The molecule has 0 spiro atoms. The van der Waals surface area contributed by atoms with Crippen LogP contribution in [0.4, 0.5) is 22.0 Å². The molecule has 112 valence electrons. The summed E-state index contributed by atoms with van der Waals surface area (Å²) in [6, 6.07) is 4.17. The summed E-state index contributed by atoms with van der Waals surface area (Å²) in [5, 5.41) is 6.02. The van der Waals surface area contributed by atoms with Gasteiger partial charge in [-0.3, -0.25) is 0 Å². The molecule has 0 aliphatic rings. The highest BCUT2D eigenvalue weighted by Gasteiger charge is 2.09. The molecule has 0 radical (unpaired) electrons. The van der Waals surface area contributed by atoms with Crippen molar-refractivity contribution in [2.75, 3.05) is 24.3 Å². The number of hydrogen-bond donors (Lipinski definition) is 2. The van der Waals surface area contributed by atoms with E-state index in [0.29, 0.717) is 23.3 Å². The molecule has 0 saturated heterocycles. The lowest BCUT2D eigenvalue weighted by molar-refractivity contribution is 0.292. The minimum atomic E-state index is -0.410. The van der Waals surface area contributed by atoms with Crippen molar-refractivity contribution < 1.29 is 9.13 Å². The van der Waals surface area contributed by atoms with E-state index in [1.54, 1.807) is 7.05 Å². The molecule has 0 fully saturated rings. The molecule has 8 heteroatoms. The van der Waals surface area contributed by atoms with Gasteiger partial charge in [-0.1, -0.05) is 18.5 Å². The molecule has 0 unspecified atom stereocenters. The summed E-state index contributed by atoms with van der Waals surface area (Å²) >= 11 is 6.00. The highest BCUT2D eigenvalue weighted by atomic mass is 35.5. The predicted molar refractivity (Wildman–Crippen MR) is 79.9 cm³/mol. The Morgan fingerprint density at radius 3 is 2.71 bits per heavy atom. The fourth-order valence-corrected chi connectivity index (χ4v) is 1.66. The third kappa shape index (κ3) is 4.16. The molecule has 0 saturated carbocycles. The van der Waals surface area contributed by atoms with Crippen LogP contribution in [0.5, 0.6) is 6.01 Å². The fraction of sp³-hybridized carbons (Fsp3) is 0.308. The lowest BCUT2D eigenvalue weighted by Crippen LogP contribution is -2.07. The number of aromatic nitrogens is 3. The summed E-state index contributed by atoms with van der Waals surface area (Å²) in [6.45, 7) is 2.47. The van der Waals surface area contributed by atoms with Gasteiger partial charge in [0.25, 0.3) is 0 Å². The van der Waals surface area contributed by atoms with Crippen molar-refractivity contribution in [3.63, 3.8) is 0 Å². The number of ether oxygens (including phenoxy) is 1. The molecule has 2 rings (SSSR count). The van der Waals surface area contributed by atoms with Crippen LogP contribution in [0.25, 0.3) is 0 Å². The first-order valence-electron chi connectivity index (χ1n) is 6.41. The molecule has 0 amide bonds. The van der Waals surface area contributed by atoms with Crippen molar-refractivity contribution in [3.05, 3.63) is 29.0 Å². The van der Waals surface area contributed by atoms with Crippen LogP contribution in [0.15, 0.2) is 18.2 Å². The number of nitrogens with zero attached hydrogens (tertiary/aromatic N) is 3. The van der Waals surface area contributed by atoms with E-state index in [1.165, 1.54) is 18.2 Å². The third-order valence-corrected chi connectivity index (χ3v) is 2.78. The van der Waals surface area contributed by atoms with E-state index >= 15 is 0 Å². The van der Waals surface area contributed by atoms with Gasteiger partial charge in [0.15, 0.2) is 0 Å². The van der Waals surface area contributed by atoms with Crippen molar-refractivity contribution in [2.45, 2.75) is 13.3 Å². The molecular weight excluding hydrogens is 297 g/mol. The lowest BCUT2D eigenvalue weighted by atomic mass is 10.3. The number of rotatable bonds is 6. The Bertz CT molecular complexity index is 626. The highest BCUT2D eigenvalue weighted by Crippen LogP contribution is 2.25. The molecule has 2 aromatic rings. The molecule has 21 heavy (non-hydrogen) atoms. The maximum atomic E-state index is 13.3. The Hall–Kier alpha value is -2.15. The quantitative estimate of drug-likeness (QED) is 0.853. The van der Waals surface area contributed by atoms with Crippen LogP contribution in [0, 0.1) is 5.82 Å². The molecule has 0 aliphatic carbocycles. The van der Waals surface area contributed by atoms with E-state index in [4.69, 9.17) is 16.3 Å². The van der Waals surface area contributed by atoms with E-state index in [9.17, 15) is 4.39 Å². The van der Waals surface area contributed by atoms with Crippen LogP contribution in [0.1, 0.15) is 13.3 Å².